The number of rotatable bonds is 8. The maximum atomic E-state index is 14.1. The van der Waals surface area contributed by atoms with Crippen molar-refractivity contribution in [2.24, 2.45) is 5.41 Å². The van der Waals surface area contributed by atoms with Gasteiger partial charge in [0.1, 0.15) is 11.6 Å². The van der Waals surface area contributed by atoms with Crippen LogP contribution in [0.25, 0.3) is 0 Å². The van der Waals surface area contributed by atoms with Crippen LogP contribution in [0.5, 0.6) is 0 Å². The molecule has 0 fully saturated rings. The zero-order chi connectivity index (χ0) is 22.7. The Balaban J connectivity index is 2.38. The highest BCUT2D eigenvalue weighted by molar-refractivity contribution is 7.99. The number of aliphatic hydroxyl groups excluding tert-OH is 1. The second-order valence-corrected chi connectivity index (χ2v) is 10.9. The van der Waals surface area contributed by atoms with E-state index >= 15 is 0 Å². The average Bonchev–Trinajstić information content (AvgIpc) is 2.56. The van der Waals surface area contributed by atoms with Crippen molar-refractivity contribution in [3.8, 4) is 0 Å². The van der Waals surface area contributed by atoms with Crippen LogP contribution in [-0.2, 0) is 10.0 Å². The fourth-order valence-electron chi connectivity index (χ4n) is 2.43. The summed E-state index contributed by atoms with van der Waals surface area (Å²) in [6, 6.07) is 2.86. The molecule has 0 aliphatic heterocycles. The van der Waals surface area contributed by atoms with Gasteiger partial charge in [0.25, 0.3) is 0 Å². The summed E-state index contributed by atoms with van der Waals surface area (Å²) in [5.74, 6) is -1.55. The molecule has 1 aromatic carbocycles. The quantitative estimate of drug-likeness (QED) is 0.513. The van der Waals surface area contributed by atoms with Gasteiger partial charge in [-0.1, -0.05) is 38.6 Å². The van der Waals surface area contributed by atoms with Crippen molar-refractivity contribution in [3.05, 3.63) is 35.4 Å². The van der Waals surface area contributed by atoms with E-state index in [1.54, 1.807) is 6.92 Å². The number of sulfonamides is 1. The molecule has 2 aromatic rings. The molecule has 2 rings (SSSR count). The third-order valence-electron chi connectivity index (χ3n) is 4.11. The zero-order valence-electron chi connectivity index (χ0n) is 17.3. The minimum absolute atomic E-state index is 0.0550. The lowest BCUT2D eigenvalue weighted by molar-refractivity contribution is 0.201. The molecule has 1 heterocycles. The summed E-state index contributed by atoms with van der Waals surface area (Å²) in [4.78, 5) is 12.4. The van der Waals surface area contributed by atoms with Crippen molar-refractivity contribution in [2.75, 3.05) is 22.9 Å². The molecule has 0 saturated carbocycles. The molecule has 2 atom stereocenters. The van der Waals surface area contributed by atoms with Crippen LogP contribution >= 0.6 is 11.8 Å². The minimum Gasteiger partial charge on any atom is -0.394 e. The molecule has 8 nitrogen and oxygen atoms in total. The molecule has 0 saturated heterocycles. The van der Waals surface area contributed by atoms with Crippen LogP contribution < -0.4 is 10.0 Å². The molecule has 166 valence electrons. The normalized spacial score (nSPS) is 14.3. The molecule has 0 bridgehead atoms. The number of hydrogen-bond acceptors (Lipinski definition) is 8. The lowest BCUT2D eigenvalue weighted by atomic mass is 9.87. The predicted molar refractivity (Wildman–Crippen MR) is 113 cm³/mol. The van der Waals surface area contributed by atoms with Gasteiger partial charge in [0, 0.05) is 16.9 Å². The maximum absolute atomic E-state index is 14.1. The molecule has 1 aromatic heterocycles. The highest BCUT2D eigenvalue weighted by atomic mass is 32.2. The summed E-state index contributed by atoms with van der Waals surface area (Å²) in [7, 11) is -3.66. The minimum atomic E-state index is -3.66. The van der Waals surface area contributed by atoms with Gasteiger partial charge in [0.15, 0.2) is 5.16 Å². The largest absolute Gasteiger partial charge is 0.394 e. The smallest absolute Gasteiger partial charge is 0.242 e. The Bertz CT molecular complexity index is 1000. The van der Waals surface area contributed by atoms with Crippen LogP contribution in [0.4, 0.5) is 20.7 Å². The van der Waals surface area contributed by atoms with E-state index in [9.17, 15) is 22.3 Å². The van der Waals surface area contributed by atoms with Crippen LogP contribution in [0, 0.1) is 17.0 Å². The van der Waals surface area contributed by atoms with E-state index in [1.165, 1.54) is 6.07 Å². The SMILES string of the molecule is C[C@H](Sc1nc(N[C@@H](CO)C(C)(C)C)nc(NS(C)(=O)=O)n1)c1ccc(F)cc1F. The number of nitrogens with zero attached hydrogens (tertiary/aromatic N) is 3. The van der Waals surface area contributed by atoms with Crippen LogP contribution in [0.2, 0.25) is 0 Å². The standard InChI is InChI=1S/C18H25F2N5O3S2/c1-10(12-7-6-11(19)8-13(12)20)29-17-23-15(21-14(9-26)18(2,3)4)22-16(24-17)25-30(5,27)28/h6-8,10,14,26H,9H2,1-5H3,(H2,21,22,23,24,25)/t10-,14-/m0/s1. The van der Waals surface area contributed by atoms with E-state index in [0.29, 0.717) is 0 Å². The molecule has 0 unspecified atom stereocenters. The highest BCUT2D eigenvalue weighted by Gasteiger charge is 2.25. The Morgan fingerprint density at radius 3 is 2.33 bits per heavy atom. The number of aliphatic hydroxyl groups is 1. The molecule has 0 radical (unpaired) electrons. The van der Waals surface area contributed by atoms with Crippen molar-refractivity contribution in [3.63, 3.8) is 0 Å². The maximum Gasteiger partial charge on any atom is 0.242 e. The van der Waals surface area contributed by atoms with Crippen LogP contribution in [-0.4, -0.2) is 47.4 Å². The molecular weight excluding hydrogens is 436 g/mol. The molecule has 0 aliphatic carbocycles. The molecule has 0 spiro atoms. The summed E-state index contributed by atoms with van der Waals surface area (Å²) in [5.41, 5.74) is -0.0965. The van der Waals surface area contributed by atoms with Gasteiger partial charge in [0.2, 0.25) is 21.9 Å². The Hall–Kier alpha value is -2.05. The molecule has 0 aliphatic rings. The van der Waals surface area contributed by atoms with Gasteiger partial charge in [0.05, 0.1) is 18.9 Å². The van der Waals surface area contributed by atoms with Crippen LogP contribution in [0.1, 0.15) is 38.5 Å². The summed E-state index contributed by atoms with van der Waals surface area (Å²) < 4.78 is 52.7. The first kappa shape index (κ1) is 24.2. The van der Waals surface area contributed by atoms with E-state index in [0.717, 1.165) is 30.2 Å². The van der Waals surface area contributed by atoms with Crippen LogP contribution in [0.15, 0.2) is 23.4 Å². The van der Waals surface area contributed by atoms with Gasteiger partial charge in [-0.05, 0) is 18.4 Å². The number of aromatic nitrogens is 3. The third kappa shape index (κ3) is 7.03. The predicted octanol–water partition coefficient (Wildman–Crippen LogP) is 3.19. The first-order chi connectivity index (χ1) is 13.8. The van der Waals surface area contributed by atoms with Crippen molar-refractivity contribution in [2.45, 2.75) is 44.1 Å². The fourth-order valence-corrected chi connectivity index (χ4v) is 3.77. The lowest BCUT2D eigenvalue weighted by Gasteiger charge is -2.29. The first-order valence-electron chi connectivity index (χ1n) is 9.01. The Morgan fingerprint density at radius 1 is 1.17 bits per heavy atom. The van der Waals surface area contributed by atoms with E-state index in [1.807, 2.05) is 20.8 Å². The Labute approximate surface area is 179 Å². The number of benzene rings is 1. The molecule has 12 heteroatoms. The van der Waals surface area contributed by atoms with E-state index in [4.69, 9.17) is 0 Å². The molecular formula is C18H25F2N5O3S2. The van der Waals surface area contributed by atoms with Gasteiger partial charge < -0.3 is 10.4 Å². The summed E-state index contributed by atoms with van der Waals surface area (Å²) in [6.07, 6.45) is 0.957. The van der Waals surface area contributed by atoms with Crippen molar-refractivity contribution >= 4 is 33.7 Å². The van der Waals surface area contributed by atoms with Crippen molar-refractivity contribution in [1.29, 1.82) is 0 Å². The fraction of sp³-hybridized carbons (Fsp3) is 0.500. The highest BCUT2D eigenvalue weighted by Crippen LogP contribution is 2.35. The number of thioether (sulfide) groups is 1. The third-order valence-corrected chi connectivity index (χ3v) is 5.66. The number of anilines is 2. The van der Waals surface area contributed by atoms with Crippen molar-refractivity contribution in [1.82, 2.24) is 15.0 Å². The molecule has 0 amide bonds. The Morgan fingerprint density at radius 2 is 1.80 bits per heavy atom. The topological polar surface area (TPSA) is 117 Å². The summed E-state index contributed by atoms with van der Waals surface area (Å²) >= 11 is 1.05. The van der Waals surface area contributed by atoms with Gasteiger partial charge in [-0.25, -0.2) is 17.2 Å². The summed E-state index contributed by atoms with van der Waals surface area (Å²) in [6.45, 7) is 7.21. The van der Waals surface area contributed by atoms with Gasteiger partial charge in [-0.2, -0.15) is 15.0 Å². The molecule has 3 N–H and O–H groups in total. The van der Waals surface area contributed by atoms with Gasteiger partial charge in [-0.15, -0.1) is 0 Å². The van der Waals surface area contributed by atoms with E-state index in [-0.39, 0.29) is 34.6 Å². The monoisotopic (exact) mass is 461 g/mol. The Kier molecular flexibility index (Phi) is 7.59. The number of halogens is 2. The van der Waals surface area contributed by atoms with Crippen molar-refractivity contribution < 1.29 is 22.3 Å². The number of hydrogen-bond donors (Lipinski definition) is 3. The zero-order valence-corrected chi connectivity index (χ0v) is 18.9. The van der Waals surface area contributed by atoms with Crippen LogP contribution in [0.3, 0.4) is 0 Å². The van der Waals surface area contributed by atoms with E-state index in [2.05, 4.69) is 25.0 Å². The van der Waals surface area contributed by atoms with E-state index < -0.39 is 32.9 Å². The van der Waals surface area contributed by atoms with Gasteiger partial charge in [-0.3, -0.25) is 4.72 Å². The first-order valence-corrected chi connectivity index (χ1v) is 11.8. The number of nitrogens with one attached hydrogen (secondary N) is 2. The molecule has 30 heavy (non-hydrogen) atoms. The average molecular weight is 462 g/mol. The second kappa shape index (κ2) is 9.40. The van der Waals surface area contributed by atoms with Gasteiger partial charge >= 0.3 is 0 Å². The second-order valence-electron chi connectivity index (χ2n) is 7.81. The summed E-state index contributed by atoms with van der Waals surface area (Å²) in [5, 5.41) is 12.3. The lowest BCUT2D eigenvalue weighted by Crippen LogP contribution is -2.38.